The summed E-state index contributed by atoms with van der Waals surface area (Å²) in [6, 6.07) is 1.13. The van der Waals surface area contributed by atoms with Crippen molar-refractivity contribution in [2.45, 2.75) is 18.8 Å². The molecule has 0 atom stereocenters. The maximum absolute atomic E-state index is 5.44. The van der Waals surface area contributed by atoms with Crippen LogP contribution in [-0.4, -0.2) is 42.6 Å². The molecule has 0 amide bonds. The first-order valence-corrected chi connectivity index (χ1v) is 6.30. The predicted octanol–water partition coefficient (Wildman–Crippen LogP) is 0.444. The van der Waals surface area contributed by atoms with E-state index in [-0.39, 0.29) is 16.1 Å². The highest BCUT2D eigenvalue weighted by atomic mass is 32.1. The third kappa shape index (κ3) is 7.12. The molecule has 0 aliphatic carbocycles. The van der Waals surface area contributed by atoms with Crippen molar-refractivity contribution in [2.75, 3.05) is 26.6 Å². The molecule has 0 bridgehead atoms. The van der Waals surface area contributed by atoms with E-state index < -0.39 is 0 Å². The molecule has 0 saturated carbocycles. The predicted molar refractivity (Wildman–Crippen MR) is 55.6 cm³/mol. The molecular weight excluding hydrogens is 192 g/mol. The highest BCUT2D eigenvalue weighted by Gasteiger charge is 2.03. The van der Waals surface area contributed by atoms with Crippen LogP contribution >= 0.6 is 12.6 Å². The van der Waals surface area contributed by atoms with Crippen LogP contribution in [0.3, 0.4) is 0 Å². The molecule has 0 aromatic carbocycles. The lowest BCUT2D eigenvalue weighted by molar-refractivity contribution is -0.110. The average Bonchev–Trinajstić information content (AvgIpc) is 2.11. The van der Waals surface area contributed by atoms with E-state index in [1.807, 2.05) is 0 Å². The van der Waals surface area contributed by atoms with E-state index in [1.165, 1.54) is 0 Å². The molecule has 74 valence electrons. The number of hydrogen-bond donors (Lipinski definition) is 1. The molecule has 0 fully saturated rings. The van der Waals surface area contributed by atoms with E-state index in [2.05, 4.69) is 12.6 Å². The molecule has 0 N–H and O–H groups in total. The second kappa shape index (κ2) is 9.53. The monoisotopic (exact) mass is 210 g/mol. The Hall–Kier alpha value is 0.447. The van der Waals surface area contributed by atoms with E-state index in [0.29, 0.717) is 0 Å². The molecule has 3 nitrogen and oxygen atoms in total. The molecule has 0 aromatic heterocycles. The first-order chi connectivity index (χ1) is 5.85. The summed E-state index contributed by atoms with van der Waals surface area (Å²) in [5.74, 6) is 0.935. The van der Waals surface area contributed by atoms with Gasteiger partial charge in [0.1, 0.15) is 0 Å². The van der Waals surface area contributed by atoms with Crippen LogP contribution in [-0.2, 0) is 13.9 Å². The smallest absolute Gasteiger partial charge is 0.162 e. The van der Waals surface area contributed by atoms with Crippen molar-refractivity contribution in [3.05, 3.63) is 0 Å². The Labute approximate surface area is 82.1 Å². The summed E-state index contributed by atoms with van der Waals surface area (Å²) in [5.41, 5.74) is 0. The zero-order chi connectivity index (χ0) is 9.23. The van der Waals surface area contributed by atoms with Crippen molar-refractivity contribution >= 4 is 22.4 Å². The van der Waals surface area contributed by atoms with Gasteiger partial charge in [-0.15, -0.1) is 0 Å². The molecule has 0 unspecified atom stereocenters. The van der Waals surface area contributed by atoms with Gasteiger partial charge < -0.3 is 13.9 Å². The van der Waals surface area contributed by atoms with E-state index >= 15 is 0 Å². The summed E-state index contributed by atoms with van der Waals surface area (Å²) in [4.78, 5) is 0. The van der Waals surface area contributed by atoms with Crippen LogP contribution in [0.25, 0.3) is 0 Å². The fourth-order valence-corrected chi connectivity index (χ4v) is 1.87. The molecule has 12 heavy (non-hydrogen) atoms. The van der Waals surface area contributed by atoms with Gasteiger partial charge in [0, 0.05) is 27.2 Å². The van der Waals surface area contributed by atoms with Crippen molar-refractivity contribution in [3.8, 4) is 0 Å². The standard InChI is InChI=1S/C7H18O3SSi/c1-8-7(9-2)3-4-10-12-6-5-11/h7,11H,3-6,12H2,1-2H3. The van der Waals surface area contributed by atoms with Gasteiger partial charge in [-0.05, 0) is 11.8 Å². The van der Waals surface area contributed by atoms with Crippen LogP contribution in [0.15, 0.2) is 0 Å². The Balaban J connectivity index is 3.06. The Morgan fingerprint density at radius 1 is 1.33 bits per heavy atom. The van der Waals surface area contributed by atoms with Gasteiger partial charge in [0.2, 0.25) is 0 Å². The van der Waals surface area contributed by atoms with E-state index in [4.69, 9.17) is 13.9 Å². The molecule has 5 heteroatoms. The lowest BCUT2D eigenvalue weighted by Gasteiger charge is -2.12. The zero-order valence-electron chi connectivity index (χ0n) is 7.78. The van der Waals surface area contributed by atoms with Crippen LogP contribution in [0.1, 0.15) is 6.42 Å². The van der Waals surface area contributed by atoms with Crippen molar-refractivity contribution in [1.82, 2.24) is 0 Å². The molecule has 0 radical (unpaired) electrons. The quantitative estimate of drug-likeness (QED) is 0.273. The minimum Gasteiger partial charge on any atom is -0.424 e. The van der Waals surface area contributed by atoms with Crippen molar-refractivity contribution in [3.63, 3.8) is 0 Å². The maximum atomic E-state index is 5.44. The summed E-state index contributed by atoms with van der Waals surface area (Å²) in [5, 5.41) is 0. The second-order valence-corrected chi connectivity index (χ2v) is 4.35. The zero-order valence-corrected chi connectivity index (χ0v) is 10.1. The van der Waals surface area contributed by atoms with Gasteiger partial charge in [0.25, 0.3) is 0 Å². The molecule has 0 aliphatic rings. The topological polar surface area (TPSA) is 27.7 Å². The first kappa shape index (κ1) is 12.4. The van der Waals surface area contributed by atoms with Crippen molar-refractivity contribution < 1.29 is 13.9 Å². The molecule has 0 heterocycles. The molecule has 0 aromatic rings. The van der Waals surface area contributed by atoms with E-state index in [0.717, 1.165) is 24.8 Å². The van der Waals surface area contributed by atoms with Crippen LogP contribution in [0.5, 0.6) is 0 Å². The largest absolute Gasteiger partial charge is 0.424 e. The van der Waals surface area contributed by atoms with Crippen LogP contribution in [0.2, 0.25) is 6.04 Å². The van der Waals surface area contributed by atoms with Crippen LogP contribution in [0.4, 0.5) is 0 Å². The number of rotatable bonds is 8. The van der Waals surface area contributed by atoms with E-state index in [1.54, 1.807) is 14.2 Å². The molecule has 0 saturated heterocycles. The van der Waals surface area contributed by atoms with Crippen molar-refractivity contribution in [2.24, 2.45) is 0 Å². The fraction of sp³-hybridized carbons (Fsp3) is 1.00. The van der Waals surface area contributed by atoms with Gasteiger partial charge in [-0.2, -0.15) is 12.6 Å². The van der Waals surface area contributed by atoms with Gasteiger partial charge in [0.05, 0.1) is 0 Å². The Bertz CT molecular complexity index is 90.7. The fourth-order valence-electron chi connectivity index (χ4n) is 0.780. The summed E-state index contributed by atoms with van der Waals surface area (Å²) in [7, 11) is 2.94. The van der Waals surface area contributed by atoms with Crippen molar-refractivity contribution in [1.29, 1.82) is 0 Å². The Kier molecular flexibility index (Phi) is 9.89. The number of methoxy groups -OCH3 is 2. The normalized spacial score (nSPS) is 12.0. The van der Waals surface area contributed by atoms with Gasteiger partial charge >= 0.3 is 0 Å². The SMILES string of the molecule is COC(CCO[SiH2]CCS)OC. The minimum atomic E-state index is -0.334. The lowest BCUT2D eigenvalue weighted by atomic mass is 10.4. The maximum Gasteiger partial charge on any atom is 0.162 e. The third-order valence-corrected chi connectivity index (χ3v) is 3.60. The third-order valence-electron chi connectivity index (χ3n) is 1.47. The first-order valence-electron chi connectivity index (χ1n) is 4.09. The molecular formula is C7H18O3SSi. The molecule has 0 spiro atoms. The summed E-state index contributed by atoms with van der Waals surface area (Å²) in [6.07, 6.45) is 0.696. The van der Waals surface area contributed by atoms with Gasteiger partial charge in [0.15, 0.2) is 16.1 Å². The molecule has 0 aliphatic heterocycles. The average molecular weight is 210 g/mol. The van der Waals surface area contributed by atoms with Gasteiger partial charge in [-0.1, -0.05) is 0 Å². The second-order valence-electron chi connectivity index (χ2n) is 2.38. The highest BCUT2D eigenvalue weighted by molar-refractivity contribution is 7.80. The van der Waals surface area contributed by atoms with Crippen LogP contribution in [0, 0.1) is 0 Å². The Morgan fingerprint density at radius 2 is 2.00 bits per heavy atom. The summed E-state index contributed by atoms with van der Waals surface area (Å²) >= 11 is 4.11. The molecule has 0 rings (SSSR count). The Morgan fingerprint density at radius 3 is 2.50 bits per heavy atom. The van der Waals surface area contributed by atoms with Gasteiger partial charge in [-0.3, -0.25) is 0 Å². The van der Waals surface area contributed by atoms with Gasteiger partial charge in [-0.25, -0.2) is 0 Å². The number of ether oxygens (including phenoxy) is 2. The van der Waals surface area contributed by atoms with E-state index in [9.17, 15) is 0 Å². The minimum absolute atomic E-state index is 0.116. The summed E-state index contributed by atoms with van der Waals surface area (Å²) < 4.78 is 15.4. The number of thiol groups is 1. The highest BCUT2D eigenvalue weighted by Crippen LogP contribution is 1.97. The number of hydrogen-bond acceptors (Lipinski definition) is 4. The summed E-state index contributed by atoms with van der Waals surface area (Å²) in [6.45, 7) is 0.742. The lowest BCUT2D eigenvalue weighted by Crippen LogP contribution is -2.16. The van der Waals surface area contributed by atoms with Crippen LogP contribution < -0.4 is 0 Å².